The van der Waals surface area contributed by atoms with E-state index in [9.17, 15) is 5.11 Å². The highest BCUT2D eigenvalue weighted by Gasteiger charge is 2.34. The number of aromatic nitrogens is 1. The fourth-order valence-electron chi connectivity index (χ4n) is 2.23. The summed E-state index contributed by atoms with van der Waals surface area (Å²) in [5, 5.41) is 17.8. The molecule has 1 fully saturated rings. The maximum atomic E-state index is 10.1. The minimum Gasteiger partial charge on any atom is -0.388 e. The summed E-state index contributed by atoms with van der Waals surface area (Å²) in [4.78, 5) is 10.2. The lowest BCUT2D eigenvalue weighted by Crippen LogP contribution is -2.43. The van der Waals surface area contributed by atoms with Crippen molar-refractivity contribution in [3.05, 3.63) is 16.1 Å². The van der Waals surface area contributed by atoms with Crippen LogP contribution in [0.25, 0.3) is 0 Å². The summed E-state index contributed by atoms with van der Waals surface area (Å²) in [6, 6.07) is 0. The van der Waals surface area contributed by atoms with Crippen molar-refractivity contribution in [1.82, 2.24) is 15.6 Å². The van der Waals surface area contributed by atoms with E-state index in [1.807, 2.05) is 13.1 Å². The third-order valence-electron chi connectivity index (χ3n) is 3.74. The van der Waals surface area contributed by atoms with E-state index >= 15 is 0 Å². The number of guanidine groups is 1. The predicted octanol–water partition coefficient (Wildman–Crippen LogP) is 2.34. The second-order valence-electron chi connectivity index (χ2n) is 5.52. The molecule has 1 heterocycles. The lowest BCUT2D eigenvalue weighted by atomic mass is 9.80. The number of halogens is 1. The van der Waals surface area contributed by atoms with E-state index in [2.05, 4.69) is 27.5 Å². The molecule has 1 aromatic heterocycles. The molecular weight excluding hydrogens is 411 g/mol. The van der Waals surface area contributed by atoms with Crippen LogP contribution in [0.1, 0.15) is 43.0 Å². The molecule has 126 valence electrons. The van der Waals surface area contributed by atoms with E-state index in [1.165, 1.54) is 4.88 Å². The van der Waals surface area contributed by atoms with E-state index in [-0.39, 0.29) is 24.0 Å². The van der Waals surface area contributed by atoms with Crippen LogP contribution in [-0.2, 0) is 12.8 Å². The van der Waals surface area contributed by atoms with Gasteiger partial charge in [0, 0.05) is 30.6 Å². The van der Waals surface area contributed by atoms with Gasteiger partial charge in [-0.1, -0.05) is 6.92 Å². The number of aliphatic imine (C=N–C) groups is 1. The van der Waals surface area contributed by atoms with Gasteiger partial charge in [0.2, 0.25) is 0 Å². The molecule has 0 radical (unpaired) electrons. The zero-order chi connectivity index (χ0) is 15.1. The van der Waals surface area contributed by atoms with Crippen molar-refractivity contribution in [1.29, 1.82) is 0 Å². The molecule has 0 aliphatic heterocycles. The standard InChI is InChI=1S/C15H26N4OS.HI/c1-3-12-10-18-13(21-12)6-9-17-14(16-4-2)19-11-15(20)7-5-8-15;/h10,20H,3-9,11H2,1-2H3,(H2,16,17,19);1H. The maximum absolute atomic E-state index is 10.1. The number of rotatable bonds is 7. The van der Waals surface area contributed by atoms with Gasteiger partial charge in [0.1, 0.15) is 0 Å². The Morgan fingerprint density at radius 2 is 2.18 bits per heavy atom. The Morgan fingerprint density at radius 3 is 2.73 bits per heavy atom. The minimum absolute atomic E-state index is 0. The quantitative estimate of drug-likeness (QED) is 0.347. The van der Waals surface area contributed by atoms with Crippen LogP contribution in [0.4, 0.5) is 0 Å². The van der Waals surface area contributed by atoms with Crippen LogP contribution in [-0.4, -0.2) is 41.3 Å². The molecule has 0 atom stereocenters. The molecule has 2 rings (SSSR count). The van der Waals surface area contributed by atoms with Crippen molar-refractivity contribution in [3.8, 4) is 0 Å². The molecular formula is C15H27IN4OS. The summed E-state index contributed by atoms with van der Waals surface area (Å²) >= 11 is 1.78. The topological polar surface area (TPSA) is 69.5 Å². The molecule has 0 aromatic carbocycles. The average Bonchev–Trinajstić information content (AvgIpc) is 2.90. The van der Waals surface area contributed by atoms with Crippen LogP contribution in [0, 0.1) is 0 Å². The number of hydrogen-bond acceptors (Lipinski definition) is 4. The third-order valence-corrected chi connectivity index (χ3v) is 4.94. The van der Waals surface area contributed by atoms with E-state index in [1.54, 1.807) is 11.3 Å². The zero-order valence-electron chi connectivity index (χ0n) is 13.4. The van der Waals surface area contributed by atoms with Gasteiger partial charge < -0.3 is 15.7 Å². The van der Waals surface area contributed by atoms with Crippen molar-refractivity contribution in [2.45, 2.75) is 51.6 Å². The Kier molecular flexibility index (Phi) is 8.63. The van der Waals surface area contributed by atoms with Crippen molar-refractivity contribution in [3.63, 3.8) is 0 Å². The first-order valence-electron chi connectivity index (χ1n) is 7.83. The number of thiazole rings is 1. The van der Waals surface area contributed by atoms with Gasteiger partial charge >= 0.3 is 0 Å². The second kappa shape index (κ2) is 9.67. The predicted molar refractivity (Wildman–Crippen MR) is 103 cm³/mol. The Bertz CT molecular complexity index is 474. The van der Waals surface area contributed by atoms with Gasteiger partial charge in [-0.05, 0) is 32.6 Å². The highest BCUT2D eigenvalue weighted by Crippen LogP contribution is 2.31. The maximum Gasteiger partial charge on any atom is 0.191 e. The van der Waals surface area contributed by atoms with Gasteiger partial charge in [-0.2, -0.15) is 0 Å². The molecule has 22 heavy (non-hydrogen) atoms. The number of aryl methyl sites for hydroxylation is 1. The Morgan fingerprint density at radius 1 is 1.41 bits per heavy atom. The number of nitrogens with one attached hydrogen (secondary N) is 2. The van der Waals surface area contributed by atoms with Crippen molar-refractivity contribution in [2.75, 3.05) is 19.6 Å². The molecule has 5 nitrogen and oxygen atoms in total. The van der Waals surface area contributed by atoms with Gasteiger partial charge in [0.05, 0.1) is 17.2 Å². The van der Waals surface area contributed by atoms with Crippen LogP contribution >= 0.6 is 35.3 Å². The molecule has 3 N–H and O–H groups in total. The lowest BCUT2D eigenvalue weighted by Gasteiger charge is -2.35. The monoisotopic (exact) mass is 438 g/mol. The van der Waals surface area contributed by atoms with E-state index in [0.29, 0.717) is 6.54 Å². The Hall–Kier alpha value is -0.410. The smallest absolute Gasteiger partial charge is 0.191 e. The first-order valence-corrected chi connectivity index (χ1v) is 8.65. The fraction of sp³-hybridized carbons (Fsp3) is 0.733. The number of aliphatic hydroxyl groups is 1. The van der Waals surface area contributed by atoms with Crippen LogP contribution in [0.2, 0.25) is 0 Å². The molecule has 0 saturated heterocycles. The van der Waals surface area contributed by atoms with Crippen molar-refractivity contribution >= 4 is 41.3 Å². The summed E-state index contributed by atoms with van der Waals surface area (Å²) in [7, 11) is 0. The van der Waals surface area contributed by atoms with Gasteiger partial charge in [0.25, 0.3) is 0 Å². The molecule has 0 bridgehead atoms. The molecule has 7 heteroatoms. The summed E-state index contributed by atoms with van der Waals surface area (Å²) in [6.45, 7) is 6.31. The number of nitrogens with zero attached hydrogens (tertiary/aromatic N) is 2. The van der Waals surface area contributed by atoms with Crippen LogP contribution < -0.4 is 10.6 Å². The molecule has 1 aromatic rings. The van der Waals surface area contributed by atoms with Gasteiger partial charge in [-0.3, -0.25) is 4.99 Å². The van der Waals surface area contributed by atoms with Crippen LogP contribution in [0.3, 0.4) is 0 Å². The highest BCUT2D eigenvalue weighted by molar-refractivity contribution is 14.0. The van der Waals surface area contributed by atoms with E-state index in [4.69, 9.17) is 0 Å². The van der Waals surface area contributed by atoms with Crippen molar-refractivity contribution in [2.24, 2.45) is 4.99 Å². The molecule has 0 amide bonds. The molecule has 0 spiro atoms. The van der Waals surface area contributed by atoms with E-state index in [0.717, 1.165) is 56.2 Å². The summed E-state index contributed by atoms with van der Waals surface area (Å²) in [5.74, 6) is 0.782. The molecule has 0 unspecified atom stereocenters. The Labute approximate surface area is 154 Å². The minimum atomic E-state index is -0.562. The molecule has 1 aliphatic carbocycles. The first kappa shape index (κ1) is 19.6. The zero-order valence-corrected chi connectivity index (χ0v) is 16.5. The number of hydrogen-bond donors (Lipinski definition) is 3. The fourth-order valence-corrected chi connectivity index (χ4v) is 3.09. The van der Waals surface area contributed by atoms with Crippen LogP contribution in [0.5, 0.6) is 0 Å². The largest absolute Gasteiger partial charge is 0.388 e. The van der Waals surface area contributed by atoms with Crippen molar-refractivity contribution < 1.29 is 5.11 Å². The lowest BCUT2D eigenvalue weighted by molar-refractivity contribution is -0.0236. The average molecular weight is 438 g/mol. The Balaban J connectivity index is 0.00000242. The molecule has 1 saturated carbocycles. The highest BCUT2D eigenvalue weighted by atomic mass is 127. The summed E-state index contributed by atoms with van der Waals surface area (Å²) in [6.07, 6.45) is 6.77. The van der Waals surface area contributed by atoms with Gasteiger partial charge in [-0.15, -0.1) is 35.3 Å². The van der Waals surface area contributed by atoms with E-state index < -0.39 is 5.60 Å². The SMILES string of the molecule is CCNC(=NCC1(O)CCC1)NCCc1ncc(CC)s1.I. The molecule has 1 aliphatic rings. The van der Waals surface area contributed by atoms with Gasteiger partial charge in [0.15, 0.2) is 5.96 Å². The second-order valence-corrected chi connectivity index (χ2v) is 6.72. The first-order chi connectivity index (χ1) is 10.1. The third kappa shape index (κ3) is 6.00. The normalized spacial score (nSPS) is 16.6. The summed E-state index contributed by atoms with van der Waals surface area (Å²) < 4.78 is 0. The van der Waals surface area contributed by atoms with Gasteiger partial charge in [-0.25, -0.2) is 4.98 Å². The van der Waals surface area contributed by atoms with Crippen LogP contribution in [0.15, 0.2) is 11.2 Å². The summed E-state index contributed by atoms with van der Waals surface area (Å²) in [5.41, 5.74) is -0.562.